The van der Waals surface area contributed by atoms with Crippen molar-refractivity contribution in [1.29, 1.82) is 0 Å². The van der Waals surface area contributed by atoms with Crippen LogP contribution in [0.2, 0.25) is 0 Å². The van der Waals surface area contributed by atoms with Crippen molar-refractivity contribution in [3.63, 3.8) is 0 Å². The molecule has 7 nitrogen and oxygen atoms in total. The summed E-state index contributed by atoms with van der Waals surface area (Å²) in [6.45, 7) is 3.00. The molecule has 0 atom stereocenters. The number of aromatic nitrogens is 2. The lowest BCUT2D eigenvalue weighted by atomic mass is 10.8. The van der Waals surface area contributed by atoms with Gasteiger partial charge in [0.2, 0.25) is 0 Å². The lowest BCUT2D eigenvalue weighted by Gasteiger charge is -2.04. The van der Waals surface area contributed by atoms with Crippen molar-refractivity contribution in [2.45, 2.75) is 18.9 Å². The van der Waals surface area contributed by atoms with Crippen molar-refractivity contribution in [1.82, 2.24) is 14.7 Å². The Hall–Kier alpha value is -0.930. The molecule has 0 aliphatic rings. The van der Waals surface area contributed by atoms with E-state index in [-0.39, 0.29) is 23.1 Å². The first-order valence-corrected chi connectivity index (χ1v) is 8.29. The second-order valence-electron chi connectivity index (χ2n) is 3.47. The van der Waals surface area contributed by atoms with Crippen LogP contribution in [0.15, 0.2) is 11.2 Å². The molecule has 1 aromatic rings. The third-order valence-corrected chi connectivity index (χ3v) is 5.19. The van der Waals surface area contributed by atoms with E-state index in [9.17, 15) is 16.8 Å². The molecule has 0 aliphatic carbocycles. The summed E-state index contributed by atoms with van der Waals surface area (Å²) in [6.07, 6.45) is 1.19. The van der Waals surface area contributed by atoms with Crippen molar-refractivity contribution in [3.8, 4) is 0 Å². The highest BCUT2D eigenvalue weighted by Gasteiger charge is 2.17. The summed E-state index contributed by atoms with van der Waals surface area (Å²) in [6, 6.07) is 0. The van der Waals surface area contributed by atoms with Gasteiger partial charge in [-0.3, -0.25) is 0 Å². The van der Waals surface area contributed by atoms with Crippen LogP contribution in [0.5, 0.6) is 0 Å². The van der Waals surface area contributed by atoms with Gasteiger partial charge in [-0.2, -0.15) is 0 Å². The van der Waals surface area contributed by atoms with Gasteiger partial charge in [0, 0.05) is 12.3 Å². The Bertz CT molecular complexity index is 574. The van der Waals surface area contributed by atoms with Gasteiger partial charge >= 0.3 is 0 Å². The summed E-state index contributed by atoms with van der Waals surface area (Å²) in [5, 5.41) is -0.0658. The van der Waals surface area contributed by atoms with Crippen LogP contribution in [0.4, 0.5) is 0 Å². The van der Waals surface area contributed by atoms with E-state index in [1.807, 2.05) is 0 Å². The van der Waals surface area contributed by atoms with E-state index in [0.29, 0.717) is 5.82 Å². The Morgan fingerprint density at radius 3 is 2.47 bits per heavy atom. The normalized spacial score (nSPS) is 12.8. The number of rotatable bonds is 6. The van der Waals surface area contributed by atoms with E-state index < -0.39 is 19.9 Å². The summed E-state index contributed by atoms with van der Waals surface area (Å²) in [5.74, 6) is 0.264. The number of aromatic amines is 1. The number of hydrogen-bond donors (Lipinski definition) is 2. The fraction of sp³-hybridized carbons (Fsp3) is 0.625. The molecule has 0 amide bonds. The Kier molecular flexibility index (Phi) is 4.28. The zero-order chi connectivity index (χ0) is 13.1. The van der Waals surface area contributed by atoms with E-state index in [0.717, 1.165) is 0 Å². The molecular formula is C8H15N3O4S2. The molecule has 0 bridgehead atoms. The molecule has 0 saturated heterocycles. The second kappa shape index (κ2) is 5.15. The number of sulfone groups is 1. The highest BCUT2D eigenvalue weighted by molar-refractivity contribution is 7.91. The largest absolute Gasteiger partial charge is 0.332 e. The fourth-order valence-electron chi connectivity index (χ4n) is 1.09. The smallest absolute Gasteiger partial charge is 0.257 e. The molecule has 0 fully saturated rings. The van der Waals surface area contributed by atoms with Crippen LogP contribution in [0.3, 0.4) is 0 Å². The average Bonchev–Trinajstić information content (AvgIpc) is 2.65. The van der Waals surface area contributed by atoms with Crippen LogP contribution in [0, 0.1) is 6.92 Å². The van der Waals surface area contributed by atoms with Gasteiger partial charge in [0.1, 0.15) is 5.82 Å². The molecule has 17 heavy (non-hydrogen) atoms. The van der Waals surface area contributed by atoms with Crippen LogP contribution in [-0.2, 0) is 19.9 Å². The monoisotopic (exact) mass is 281 g/mol. The van der Waals surface area contributed by atoms with Crippen molar-refractivity contribution < 1.29 is 16.8 Å². The predicted octanol–water partition coefficient (Wildman–Crippen LogP) is -0.569. The van der Waals surface area contributed by atoms with Gasteiger partial charge in [-0.1, -0.05) is 6.92 Å². The molecular weight excluding hydrogens is 266 g/mol. The summed E-state index contributed by atoms with van der Waals surface area (Å²) in [5.41, 5.74) is 0. The number of aryl methyl sites for hydroxylation is 1. The lowest BCUT2D eigenvalue weighted by molar-refractivity contribution is 0.578. The molecule has 98 valence electrons. The van der Waals surface area contributed by atoms with Gasteiger partial charge in [0.15, 0.2) is 14.9 Å². The van der Waals surface area contributed by atoms with Gasteiger partial charge in [-0.25, -0.2) is 26.5 Å². The molecule has 0 aliphatic heterocycles. The fourth-order valence-corrected chi connectivity index (χ4v) is 2.92. The number of sulfonamides is 1. The number of nitrogens with one attached hydrogen (secondary N) is 2. The Morgan fingerprint density at radius 1 is 1.35 bits per heavy atom. The maximum Gasteiger partial charge on any atom is 0.257 e. The summed E-state index contributed by atoms with van der Waals surface area (Å²) in [4.78, 5) is 6.33. The quantitative estimate of drug-likeness (QED) is 0.726. The first-order chi connectivity index (χ1) is 7.77. The maximum absolute atomic E-state index is 11.6. The number of imidazole rings is 1. The summed E-state index contributed by atoms with van der Waals surface area (Å²) >= 11 is 0. The molecule has 0 aromatic carbocycles. The van der Waals surface area contributed by atoms with Gasteiger partial charge in [0.05, 0.1) is 11.9 Å². The highest BCUT2D eigenvalue weighted by Crippen LogP contribution is 2.04. The van der Waals surface area contributed by atoms with Crippen LogP contribution in [0.1, 0.15) is 12.7 Å². The molecule has 1 rings (SSSR count). The van der Waals surface area contributed by atoms with Crippen LogP contribution < -0.4 is 4.72 Å². The zero-order valence-electron chi connectivity index (χ0n) is 9.60. The van der Waals surface area contributed by atoms with E-state index in [1.54, 1.807) is 6.92 Å². The Morgan fingerprint density at radius 2 is 2.00 bits per heavy atom. The third kappa shape index (κ3) is 4.10. The first-order valence-electron chi connectivity index (χ1n) is 4.98. The second-order valence-corrected chi connectivity index (χ2v) is 7.68. The minimum Gasteiger partial charge on any atom is -0.332 e. The molecule has 0 saturated carbocycles. The molecule has 1 aromatic heterocycles. The molecule has 1 heterocycles. The number of hydrogen-bond acceptors (Lipinski definition) is 5. The van der Waals surface area contributed by atoms with Crippen molar-refractivity contribution in [3.05, 3.63) is 12.0 Å². The van der Waals surface area contributed by atoms with Gasteiger partial charge < -0.3 is 4.98 Å². The number of nitrogens with zero attached hydrogens (tertiary/aromatic N) is 1. The summed E-state index contributed by atoms with van der Waals surface area (Å²) in [7, 11) is -6.87. The van der Waals surface area contributed by atoms with Crippen LogP contribution in [0.25, 0.3) is 0 Å². The van der Waals surface area contributed by atoms with Gasteiger partial charge in [-0.05, 0) is 6.92 Å². The zero-order valence-corrected chi connectivity index (χ0v) is 11.2. The Labute approximate surface area is 101 Å². The standard InChI is InChI=1S/C8H15N3O4S2/c1-3-16(12,13)5-4-10-17(14,15)8-6-9-7(2)11-8/h6,10H,3-5H2,1-2H3,(H,9,11). The number of H-pyrrole nitrogens is 1. The van der Waals surface area contributed by atoms with E-state index in [1.165, 1.54) is 13.1 Å². The van der Waals surface area contributed by atoms with Gasteiger partial charge in [-0.15, -0.1) is 0 Å². The third-order valence-electron chi connectivity index (χ3n) is 2.11. The van der Waals surface area contributed by atoms with Crippen molar-refractivity contribution >= 4 is 19.9 Å². The maximum atomic E-state index is 11.6. The van der Waals surface area contributed by atoms with E-state index in [4.69, 9.17) is 0 Å². The van der Waals surface area contributed by atoms with Crippen LogP contribution >= 0.6 is 0 Å². The van der Waals surface area contributed by atoms with Crippen molar-refractivity contribution in [2.75, 3.05) is 18.1 Å². The van der Waals surface area contributed by atoms with Gasteiger partial charge in [0.25, 0.3) is 10.0 Å². The highest BCUT2D eigenvalue weighted by atomic mass is 32.2. The lowest BCUT2D eigenvalue weighted by Crippen LogP contribution is -2.29. The topological polar surface area (TPSA) is 109 Å². The minimum absolute atomic E-state index is 0.00209. The Balaban J connectivity index is 2.64. The van der Waals surface area contributed by atoms with Crippen LogP contribution in [-0.4, -0.2) is 44.9 Å². The molecule has 0 spiro atoms. The molecule has 9 heteroatoms. The first kappa shape index (κ1) is 14.1. The molecule has 2 N–H and O–H groups in total. The average molecular weight is 281 g/mol. The van der Waals surface area contributed by atoms with E-state index in [2.05, 4.69) is 14.7 Å². The summed E-state index contributed by atoms with van der Waals surface area (Å²) < 4.78 is 47.8. The molecule has 0 unspecified atom stereocenters. The SMILES string of the molecule is CCS(=O)(=O)CCNS(=O)(=O)c1cnc(C)[nH]1. The predicted molar refractivity (Wildman–Crippen MR) is 62.8 cm³/mol. The van der Waals surface area contributed by atoms with Crippen molar-refractivity contribution in [2.24, 2.45) is 0 Å². The minimum atomic E-state index is -3.70. The van der Waals surface area contributed by atoms with E-state index >= 15 is 0 Å². The molecule has 0 radical (unpaired) electrons.